The van der Waals surface area contributed by atoms with Crippen molar-refractivity contribution in [1.82, 2.24) is 9.78 Å². The van der Waals surface area contributed by atoms with Gasteiger partial charge in [0.25, 0.3) is 5.91 Å². The van der Waals surface area contributed by atoms with Gasteiger partial charge >= 0.3 is 0 Å². The molecule has 0 radical (unpaired) electrons. The topological polar surface area (TPSA) is 56.1 Å². The van der Waals surface area contributed by atoms with E-state index >= 15 is 0 Å². The molecule has 7 heteroatoms. The van der Waals surface area contributed by atoms with Crippen molar-refractivity contribution in [3.8, 4) is 5.75 Å². The molecule has 0 unspecified atom stereocenters. The number of halogens is 1. The number of nitrogens with one attached hydrogen (secondary N) is 1. The van der Waals surface area contributed by atoms with E-state index < -0.39 is 0 Å². The van der Waals surface area contributed by atoms with Crippen LogP contribution in [0.2, 0.25) is 5.02 Å². The number of benzene rings is 1. The van der Waals surface area contributed by atoms with Crippen molar-refractivity contribution in [2.45, 2.75) is 13.5 Å². The molecule has 124 valence electrons. The Hall–Kier alpha value is -2.31. The van der Waals surface area contributed by atoms with E-state index in [0.717, 1.165) is 11.1 Å². The van der Waals surface area contributed by atoms with Crippen molar-refractivity contribution >= 4 is 34.5 Å². The molecule has 0 fully saturated rings. The van der Waals surface area contributed by atoms with Gasteiger partial charge in [0.2, 0.25) is 0 Å². The van der Waals surface area contributed by atoms with Crippen molar-refractivity contribution in [2.24, 2.45) is 7.05 Å². The van der Waals surface area contributed by atoms with E-state index in [9.17, 15) is 4.79 Å². The molecule has 3 rings (SSSR count). The minimum atomic E-state index is -0.159. The van der Waals surface area contributed by atoms with Crippen LogP contribution in [0.4, 0.5) is 5.69 Å². The summed E-state index contributed by atoms with van der Waals surface area (Å²) in [6.45, 7) is 2.34. The van der Waals surface area contributed by atoms with Gasteiger partial charge in [-0.1, -0.05) is 17.7 Å². The number of ether oxygens (including phenoxy) is 1. The zero-order valence-electron chi connectivity index (χ0n) is 13.2. The number of carbonyl (C=O) groups excluding carboxylic acids is 1. The molecule has 0 saturated heterocycles. The van der Waals surface area contributed by atoms with Gasteiger partial charge in [-0.2, -0.15) is 5.10 Å². The van der Waals surface area contributed by atoms with Crippen LogP contribution in [0.15, 0.2) is 42.0 Å². The first-order valence-corrected chi connectivity index (χ1v) is 8.53. The van der Waals surface area contributed by atoms with E-state index in [-0.39, 0.29) is 5.91 Å². The van der Waals surface area contributed by atoms with Gasteiger partial charge in [0.1, 0.15) is 12.4 Å². The quantitative estimate of drug-likeness (QED) is 0.738. The molecule has 0 aliphatic carbocycles. The first kappa shape index (κ1) is 16.5. The summed E-state index contributed by atoms with van der Waals surface area (Å²) in [4.78, 5) is 12.8. The molecule has 0 aliphatic heterocycles. The Morgan fingerprint density at radius 2 is 2.25 bits per heavy atom. The van der Waals surface area contributed by atoms with E-state index in [1.807, 2.05) is 36.6 Å². The van der Waals surface area contributed by atoms with Crippen molar-refractivity contribution in [1.29, 1.82) is 0 Å². The third kappa shape index (κ3) is 3.96. The van der Waals surface area contributed by atoms with E-state index in [4.69, 9.17) is 16.3 Å². The first-order chi connectivity index (χ1) is 11.5. The van der Waals surface area contributed by atoms with E-state index in [1.54, 1.807) is 24.1 Å². The largest absolute Gasteiger partial charge is 0.487 e. The van der Waals surface area contributed by atoms with Gasteiger partial charge in [-0.3, -0.25) is 9.48 Å². The number of aromatic nitrogens is 2. The predicted molar refractivity (Wildman–Crippen MR) is 96.0 cm³/mol. The van der Waals surface area contributed by atoms with Gasteiger partial charge in [0.15, 0.2) is 0 Å². The molecule has 1 N–H and O–H groups in total. The number of hydrogen-bond donors (Lipinski definition) is 1. The molecule has 2 heterocycles. The molecular weight excluding hydrogens is 346 g/mol. The molecule has 0 spiro atoms. The average molecular weight is 362 g/mol. The number of anilines is 1. The van der Waals surface area contributed by atoms with E-state index in [0.29, 0.717) is 27.9 Å². The zero-order chi connectivity index (χ0) is 17.1. The predicted octanol–water partition coefficient (Wildman–Crippen LogP) is 4.27. The Kier molecular flexibility index (Phi) is 4.87. The Labute approximate surface area is 148 Å². The van der Waals surface area contributed by atoms with Gasteiger partial charge in [-0.05, 0) is 36.1 Å². The summed E-state index contributed by atoms with van der Waals surface area (Å²) in [6.07, 6.45) is 3.35. The van der Waals surface area contributed by atoms with Crippen molar-refractivity contribution in [2.75, 3.05) is 5.32 Å². The lowest BCUT2D eigenvalue weighted by atomic mass is 10.2. The van der Waals surface area contributed by atoms with Gasteiger partial charge in [0.05, 0.1) is 21.8 Å². The van der Waals surface area contributed by atoms with Crippen LogP contribution in [0.25, 0.3) is 0 Å². The summed E-state index contributed by atoms with van der Waals surface area (Å²) in [7, 11) is 1.80. The minimum Gasteiger partial charge on any atom is -0.487 e. The monoisotopic (exact) mass is 361 g/mol. The summed E-state index contributed by atoms with van der Waals surface area (Å²) in [5, 5.41) is 9.31. The van der Waals surface area contributed by atoms with Crippen LogP contribution >= 0.6 is 22.9 Å². The molecule has 5 nitrogen and oxygen atoms in total. The highest BCUT2D eigenvalue weighted by molar-refractivity contribution is 7.12. The minimum absolute atomic E-state index is 0.159. The number of rotatable bonds is 5. The molecule has 1 aromatic carbocycles. The smallest absolute Gasteiger partial charge is 0.265 e. The Morgan fingerprint density at radius 3 is 3.00 bits per heavy atom. The number of carbonyl (C=O) groups is 1. The Balaban J connectivity index is 1.62. The van der Waals surface area contributed by atoms with Crippen molar-refractivity contribution in [3.05, 3.63) is 63.1 Å². The standard InChI is InChI=1S/C17H16ClN3O2S/c1-11-3-4-14(18)15(5-11)23-9-12-6-16(24-10-12)17(22)20-13-7-19-21(2)8-13/h3-8,10H,9H2,1-2H3,(H,20,22). The number of nitrogens with zero attached hydrogens (tertiary/aromatic N) is 2. The fourth-order valence-electron chi connectivity index (χ4n) is 2.13. The van der Waals surface area contributed by atoms with Crippen molar-refractivity contribution < 1.29 is 9.53 Å². The Bertz CT molecular complexity index is 872. The lowest BCUT2D eigenvalue weighted by molar-refractivity contribution is 0.103. The van der Waals surface area contributed by atoms with Crippen molar-refractivity contribution in [3.63, 3.8) is 0 Å². The lowest BCUT2D eigenvalue weighted by Gasteiger charge is -2.07. The number of thiophene rings is 1. The fourth-order valence-corrected chi connectivity index (χ4v) is 3.10. The molecule has 24 heavy (non-hydrogen) atoms. The molecule has 0 bridgehead atoms. The van der Waals surface area contributed by atoms with Gasteiger partial charge in [-0.15, -0.1) is 11.3 Å². The second kappa shape index (κ2) is 7.07. The first-order valence-electron chi connectivity index (χ1n) is 7.27. The van der Waals surface area contributed by atoms with Gasteiger partial charge < -0.3 is 10.1 Å². The Morgan fingerprint density at radius 1 is 1.42 bits per heavy atom. The fraction of sp³-hybridized carbons (Fsp3) is 0.176. The third-order valence-corrected chi connectivity index (χ3v) is 4.61. The van der Waals surface area contributed by atoms with Crippen LogP contribution in [-0.2, 0) is 13.7 Å². The van der Waals surface area contributed by atoms with E-state index in [2.05, 4.69) is 10.4 Å². The number of hydrogen-bond acceptors (Lipinski definition) is 4. The second-order valence-corrected chi connectivity index (χ2v) is 6.72. The lowest BCUT2D eigenvalue weighted by Crippen LogP contribution is -2.09. The van der Waals surface area contributed by atoms with Crippen LogP contribution in [0.3, 0.4) is 0 Å². The highest BCUT2D eigenvalue weighted by atomic mass is 35.5. The van der Waals surface area contributed by atoms with Gasteiger partial charge in [0, 0.05) is 18.8 Å². The van der Waals surface area contributed by atoms with Crippen LogP contribution in [0.1, 0.15) is 20.8 Å². The third-order valence-electron chi connectivity index (χ3n) is 3.32. The molecule has 1 amide bonds. The normalized spacial score (nSPS) is 10.6. The molecular formula is C17H16ClN3O2S. The molecule has 0 aliphatic rings. The second-order valence-electron chi connectivity index (χ2n) is 5.40. The van der Waals surface area contributed by atoms with Crippen LogP contribution in [0.5, 0.6) is 5.75 Å². The molecule has 2 aromatic heterocycles. The number of aryl methyl sites for hydroxylation is 2. The summed E-state index contributed by atoms with van der Waals surface area (Å²) in [5.74, 6) is 0.483. The summed E-state index contributed by atoms with van der Waals surface area (Å²) < 4.78 is 7.38. The maximum Gasteiger partial charge on any atom is 0.265 e. The van der Waals surface area contributed by atoms with Crippen LogP contribution in [0, 0.1) is 6.92 Å². The maximum absolute atomic E-state index is 12.2. The maximum atomic E-state index is 12.2. The molecule has 0 saturated carbocycles. The summed E-state index contributed by atoms with van der Waals surface area (Å²) in [5.41, 5.74) is 2.67. The van der Waals surface area contributed by atoms with Gasteiger partial charge in [-0.25, -0.2) is 0 Å². The summed E-state index contributed by atoms with van der Waals surface area (Å²) in [6, 6.07) is 7.46. The SMILES string of the molecule is Cc1ccc(Cl)c(OCc2csc(C(=O)Nc3cnn(C)c3)c2)c1. The summed E-state index contributed by atoms with van der Waals surface area (Å²) >= 11 is 7.49. The van der Waals surface area contributed by atoms with Crippen LogP contribution in [-0.4, -0.2) is 15.7 Å². The van der Waals surface area contributed by atoms with E-state index in [1.165, 1.54) is 11.3 Å². The molecule has 0 atom stereocenters. The van der Waals surface area contributed by atoms with Crippen LogP contribution < -0.4 is 10.1 Å². The zero-order valence-corrected chi connectivity index (χ0v) is 14.8. The number of amides is 1. The molecule has 3 aromatic rings. The highest BCUT2D eigenvalue weighted by Crippen LogP contribution is 2.27. The highest BCUT2D eigenvalue weighted by Gasteiger charge is 2.11. The average Bonchev–Trinajstić information content (AvgIpc) is 3.17.